The van der Waals surface area contributed by atoms with Gasteiger partial charge in [-0.15, -0.1) is 0 Å². The van der Waals surface area contributed by atoms with E-state index in [2.05, 4.69) is 21.7 Å². The van der Waals surface area contributed by atoms with Gasteiger partial charge < -0.3 is 15.4 Å². The molecule has 1 spiro atoms. The van der Waals surface area contributed by atoms with Crippen LogP contribution >= 0.6 is 0 Å². The number of nitrogens with one attached hydrogen (secondary N) is 2. The lowest BCUT2D eigenvalue weighted by Crippen LogP contribution is -2.69. The first kappa shape index (κ1) is 9.27. The molecule has 1 aromatic rings. The van der Waals surface area contributed by atoms with Crippen molar-refractivity contribution in [3.63, 3.8) is 0 Å². The van der Waals surface area contributed by atoms with Gasteiger partial charge in [-0.3, -0.25) is 4.98 Å². The van der Waals surface area contributed by atoms with Crippen molar-refractivity contribution in [3.8, 4) is 0 Å². The zero-order valence-electron chi connectivity index (χ0n) is 8.57. The minimum atomic E-state index is -0.0404. The van der Waals surface area contributed by atoms with Crippen LogP contribution in [0.15, 0.2) is 24.5 Å². The van der Waals surface area contributed by atoms with Crippen molar-refractivity contribution >= 4 is 0 Å². The Morgan fingerprint density at radius 2 is 2.40 bits per heavy atom. The quantitative estimate of drug-likeness (QED) is 0.682. The SMILES string of the molecule is c1cncc(C2NCCOC23CNC3)c1. The van der Waals surface area contributed by atoms with Crippen LogP contribution in [-0.4, -0.2) is 36.8 Å². The summed E-state index contributed by atoms with van der Waals surface area (Å²) < 4.78 is 5.92. The van der Waals surface area contributed by atoms with Crippen LogP contribution in [0.3, 0.4) is 0 Å². The summed E-state index contributed by atoms with van der Waals surface area (Å²) >= 11 is 0. The molecule has 15 heavy (non-hydrogen) atoms. The van der Waals surface area contributed by atoms with E-state index in [9.17, 15) is 0 Å². The predicted octanol–water partition coefficient (Wildman–Crippen LogP) is 0.0845. The lowest BCUT2D eigenvalue weighted by molar-refractivity contribution is -0.128. The third-order valence-electron chi connectivity index (χ3n) is 3.23. The Hall–Kier alpha value is -0.970. The van der Waals surface area contributed by atoms with Gasteiger partial charge in [0, 0.05) is 32.0 Å². The fourth-order valence-electron chi connectivity index (χ4n) is 2.37. The highest BCUT2D eigenvalue weighted by Gasteiger charge is 2.47. The molecule has 0 amide bonds. The van der Waals surface area contributed by atoms with Gasteiger partial charge in [0.15, 0.2) is 0 Å². The van der Waals surface area contributed by atoms with E-state index >= 15 is 0 Å². The summed E-state index contributed by atoms with van der Waals surface area (Å²) in [6, 6.07) is 4.37. The van der Waals surface area contributed by atoms with E-state index in [4.69, 9.17) is 4.74 Å². The minimum Gasteiger partial charge on any atom is -0.369 e. The molecule has 4 nitrogen and oxygen atoms in total. The summed E-state index contributed by atoms with van der Waals surface area (Å²) in [6.07, 6.45) is 3.73. The molecule has 2 N–H and O–H groups in total. The summed E-state index contributed by atoms with van der Waals surface area (Å²) in [5, 5.41) is 6.81. The van der Waals surface area contributed by atoms with Crippen LogP contribution in [0.5, 0.6) is 0 Å². The number of ether oxygens (including phenoxy) is 1. The van der Waals surface area contributed by atoms with Crippen molar-refractivity contribution in [3.05, 3.63) is 30.1 Å². The van der Waals surface area contributed by atoms with Crippen molar-refractivity contribution in [2.75, 3.05) is 26.2 Å². The van der Waals surface area contributed by atoms with Gasteiger partial charge in [-0.25, -0.2) is 0 Å². The lowest BCUT2D eigenvalue weighted by Gasteiger charge is -2.50. The molecule has 2 saturated heterocycles. The average Bonchev–Trinajstić information content (AvgIpc) is 2.28. The number of aromatic nitrogens is 1. The molecular weight excluding hydrogens is 190 g/mol. The van der Waals surface area contributed by atoms with E-state index in [1.54, 1.807) is 6.20 Å². The zero-order valence-corrected chi connectivity index (χ0v) is 8.57. The van der Waals surface area contributed by atoms with E-state index < -0.39 is 0 Å². The maximum absolute atomic E-state index is 5.92. The highest BCUT2D eigenvalue weighted by atomic mass is 16.5. The largest absolute Gasteiger partial charge is 0.369 e. The molecule has 2 aliphatic rings. The van der Waals surface area contributed by atoms with E-state index in [-0.39, 0.29) is 11.6 Å². The van der Waals surface area contributed by atoms with Gasteiger partial charge in [0.1, 0.15) is 5.60 Å². The van der Waals surface area contributed by atoms with Gasteiger partial charge in [0.25, 0.3) is 0 Å². The molecule has 3 heterocycles. The van der Waals surface area contributed by atoms with Crippen LogP contribution in [-0.2, 0) is 4.74 Å². The Morgan fingerprint density at radius 1 is 1.47 bits per heavy atom. The monoisotopic (exact) mass is 205 g/mol. The standard InChI is InChI=1S/C11H15N3O/c1-2-9(6-12-3-1)10-11(7-13-8-11)15-5-4-14-10/h1-3,6,10,13-14H,4-5,7-8H2. The van der Waals surface area contributed by atoms with Gasteiger partial charge in [-0.1, -0.05) is 6.07 Å². The molecule has 4 heteroatoms. The summed E-state index contributed by atoms with van der Waals surface area (Å²) in [5.74, 6) is 0. The number of pyridine rings is 1. The number of morpholine rings is 1. The van der Waals surface area contributed by atoms with Gasteiger partial charge in [-0.2, -0.15) is 0 Å². The molecule has 2 fully saturated rings. The fraction of sp³-hybridized carbons (Fsp3) is 0.545. The Morgan fingerprint density at radius 3 is 3.07 bits per heavy atom. The summed E-state index contributed by atoms with van der Waals surface area (Å²) in [7, 11) is 0. The lowest BCUT2D eigenvalue weighted by atomic mass is 9.83. The maximum atomic E-state index is 5.92. The highest BCUT2D eigenvalue weighted by molar-refractivity contribution is 5.22. The predicted molar refractivity (Wildman–Crippen MR) is 56.5 cm³/mol. The van der Waals surface area contributed by atoms with E-state index in [0.717, 1.165) is 26.2 Å². The Kier molecular flexibility index (Phi) is 2.20. The summed E-state index contributed by atoms with van der Waals surface area (Å²) in [4.78, 5) is 4.17. The molecule has 1 aromatic heterocycles. The highest BCUT2D eigenvalue weighted by Crippen LogP contribution is 2.34. The first-order valence-corrected chi connectivity index (χ1v) is 5.39. The molecule has 0 aliphatic carbocycles. The van der Waals surface area contributed by atoms with Gasteiger partial charge in [0.05, 0.1) is 12.6 Å². The normalized spacial score (nSPS) is 28.7. The molecular formula is C11H15N3O. The smallest absolute Gasteiger partial charge is 0.112 e. The van der Waals surface area contributed by atoms with Gasteiger partial charge >= 0.3 is 0 Å². The third kappa shape index (κ3) is 1.45. The fourth-order valence-corrected chi connectivity index (χ4v) is 2.37. The van der Waals surface area contributed by atoms with E-state index in [0.29, 0.717) is 0 Å². The second kappa shape index (κ2) is 3.56. The average molecular weight is 205 g/mol. The molecule has 0 saturated carbocycles. The minimum absolute atomic E-state index is 0.0404. The second-order valence-electron chi connectivity index (χ2n) is 4.19. The second-order valence-corrected chi connectivity index (χ2v) is 4.19. The van der Waals surface area contributed by atoms with Crippen LogP contribution in [0, 0.1) is 0 Å². The van der Waals surface area contributed by atoms with Crippen molar-refractivity contribution in [2.45, 2.75) is 11.6 Å². The third-order valence-corrected chi connectivity index (χ3v) is 3.23. The molecule has 80 valence electrons. The van der Waals surface area contributed by atoms with Crippen LogP contribution in [0.2, 0.25) is 0 Å². The Bertz CT molecular complexity index is 337. The van der Waals surface area contributed by atoms with Gasteiger partial charge in [-0.05, 0) is 11.6 Å². The van der Waals surface area contributed by atoms with E-state index in [1.165, 1.54) is 5.56 Å². The molecule has 0 radical (unpaired) electrons. The Labute approximate surface area is 89.0 Å². The van der Waals surface area contributed by atoms with E-state index in [1.807, 2.05) is 12.3 Å². The maximum Gasteiger partial charge on any atom is 0.112 e. The number of hydrogen-bond acceptors (Lipinski definition) is 4. The molecule has 1 unspecified atom stereocenters. The van der Waals surface area contributed by atoms with Crippen molar-refractivity contribution in [2.24, 2.45) is 0 Å². The first-order chi connectivity index (χ1) is 7.41. The van der Waals surface area contributed by atoms with Crippen LogP contribution in [0.1, 0.15) is 11.6 Å². The zero-order chi connectivity index (χ0) is 10.1. The molecule has 3 rings (SSSR count). The summed E-state index contributed by atoms with van der Waals surface area (Å²) in [5.41, 5.74) is 1.18. The molecule has 0 aromatic carbocycles. The topological polar surface area (TPSA) is 46.2 Å². The van der Waals surface area contributed by atoms with Crippen molar-refractivity contribution < 1.29 is 4.74 Å². The number of rotatable bonds is 1. The van der Waals surface area contributed by atoms with Crippen LogP contribution in [0.25, 0.3) is 0 Å². The Balaban J connectivity index is 1.89. The molecule has 1 atom stereocenters. The summed E-state index contributed by atoms with van der Waals surface area (Å²) in [6.45, 7) is 3.58. The number of hydrogen-bond donors (Lipinski definition) is 2. The van der Waals surface area contributed by atoms with Crippen LogP contribution in [0.4, 0.5) is 0 Å². The van der Waals surface area contributed by atoms with Crippen LogP contribution < -0.4 is 10.6 Å². The first-order valence-electron chi connectivity index (χ1n) is 5.39. The van der Waals surface area contributed by atoms with Crippen molar-refractivity contribution in [1.29, 1.82) is 0 Å². The van der Waals surface area contributed by atoms with Gasteiger partial charge in [0.2, 0.25) is 0 Å². The molecule has 2 aliphatic heterocycles. The number of nitrogens with zero attached hydrogens (tertiary/aromatic N) is 1. The molecule has 0 bridgehead atoms. The van der Waals surface area contributed by atoms with Crippen molar-refractivity contribution in [1.82, 2.24) is 15.6 Å².